The Hall–Kier alpha value is -3.41. The van der Waals surface area contributed by atoms with Crippen molar-refractivity contribution in [2.75, 3.05) is 7.05 Å². The summed E-state index contributed by atoms with van der Waals surface area (Å²) in [6.07, 6.45) is 1.96. The maximum absolute atomic E-state index is 4.28. The Kier molecular flexibility index (Phi) is 4.47. The first-order valence-corrected chi connectivity index (χ1v) is 8.54. The quantitative estimate of drug-likeness (QED) is 0.441. The molecule has 0 unspecified atom stereocenters. The number of nitrogens with zero attached hydrogens (tertiary/aromatic N) is 4. The van der Waals surface area contributed by atoms with Crippen LogP contribution in [0.2, 0.25) is 0 Å². The third kappa shape index (κ3) is 3.35. The van der Waals surface area contributed by atoms with Gasteiger partial charge in [0.15, 0.2) is 17.4 Å². The van der Waals surface area contributed by atoms with Crippen LogP contribution in [0.5, 0.6) is 0 Å². The highest BCUT2D eigenvalue weighted by molar-refractivity contribution is 5.83. The lowest BCUT2D eigenvalue weighted by Crippen LogP contribution is -2.36. The summed E-state index contributed by atoms with van der Waals surface area (Å²) < 4.78 is 1.96. The fourth-order valence-electron chi connectivity index (χ4n) is 2.93. The molecule has 0 radical (unpaired) electrons. The van der Waals surface area contributed by atoms with Gasteiger partial charge in [0.2, 0.25) is 0 Å². The minimum absolute atomic E-state index is 0.544. The molecule has 0 saturated carbocycles. The first kappa shape index (κ1) is 16.1. The van der Waals surface area contributed by atoms with Crippen molar-refractivity contribution in [2.24, 2.45) is 4.99 Å². The predicted octanol–water partition coefficient (Wildman–Crippen LogP) is 2.75. The molecule has 0 amide bonds. The molecule has 0 spiro atoms. The Balaban J connectivity index is 1.39. The van der Waals surface area contributed by atoms with Crippen LogP contribution in [-0.2, 0) is 13.1 Å². The summed E-state index contributed by atoms with van der Waals surface area (Å²) >= 11 is 0. The first-order valence-electron chi connectivity index (χ1n) is 8.54. The number of pyridine rings is 1. The monoisotopic (exact) mass is 344 g/mol. The van der Waals surface area contributed by atoms with Gasteiger partial charge in [-0.15, -0.1) is 10.2 Å². The lowest BCUT2D eigenvalue weighted by Gasteiger charge is -2.12. The third-order valence-electron chi connectivity index (χ3n) is 4.30. The van der Waals surface area contributed by atoms with E-state index in [-0.39, 0.29) is 0 Å². The summed E-state index contributed by atoms with van der Waals surface area (Å²) in [6, 6.07) is 20.7. The van der Waals surface area contributed by atoms with E-state index in [4.69, 9.17) is 0 Å². The third-order valence-corrected chi connectivity index (χ3v) is 4.30. The molecule has 4 rings (SSSR count). The molecule has 26 heavy (non-hydrogen) atoms. The number of hydrogen-bond acceptors (Lipinski definition) is 3. The van der Waals surface area contributed by atoms with Crippen molar-refractivity contribution < 1.29 is 0 Å². The molecule has 4 aromatic rings. The van der Waals surface area contributed by atoms with E-state index in [1.54, 1.807) is 7.05 Å². The molecular weight excluding hydrogens is 324 g/mol. The summed E-state index contributed by atoms with van der Waals surface area (Å²) in [5.41, 5.74) is 2.04. The largest absolute Gasteiger partial charge is 0.352 e. The molecule has 6 heteroatoms. The van der Waals surface area contributed by atoms with E-state index in [9.17, 15) is 0 Å². The van der Waals surface area contributed by atoms with Crippen molar-refractivity contribution in [3.63, 3.8) is 0 Å². The van der Waals surface area contributed by atoms with Crippen LogP contribution >= 0.6 is 0 Å². The zero-order chi connectivity index (χ0) is 17.8. The second-order valence-electron chi connectivity index (χ2n) is 6.01. The van der Waals surface area contributed by atoms with Gasteiger partial charge in [0, 0.05) is 19.8 Å². The molecule has 6 nitrogen and oxygen atoms in total. The van der Waals surface area contributed by atoms with Gasteiger partial charge in [-0.05, 0) is 34.5 Å². The Morgan fingerprint density at radius 3 is 2.62 bits per heavy atom. The predicted molar refractivity (Wildman–Crippen MR) is 104 cm³/mol. The van der Waals surface area contributed by atoms with Crippen LogP contribution < -0.4 is 10.6 Å². The summed E-state index contributed by atoms with van der Waals surface area (Å²) in [6.45, 7) is 1.24. The van der Waals surface area contributed by atoms with E-state index in [0.29, 0.717) is 13.1 Å². The zero-order valence-corrected chi connectivity index (χ0v) is 14.6. The topological polar surface area (TPSA) is 66.6 Å². The minimum Gasteiger partial charge on any atom is -0.352 e. The highest BCUT2D eigenvalue weighted by atomic mass is 15.3. The number of guanidine groups is 1. The molecule has 0 fully saturated rings. The molecule has 2 heterocycles. The number of aromatic nitrogens is 3. The van der Waals surface area contributed by atoms with E-state index in [1.165, 1.54) is 16.3 Å². The maximum Gasteiger partial charge on any atom is 0.191 e. The first-order chi connectivity index (χ1) is 12.8. The highest BCUT2D eigenvalue weighted by Crippen LogP contribution is 2.15. The second-order valence-corrected chi connectivity index (χ2v) is 6.01. The normalized spacial score (nSPS) is 11.8. The molecule has 2 N–H and O–H groups in total. The van der Waals surface area contributed by atoms with Gasteiger partial charge in [0.1, 0.15) is 0 Å². The smallest absolute Gasteiger partial charge is 0.191 e. The molecule has 0 aliphatic rings. The summed E-state index contributed by atoms with van der Waals surface area (Å²) in [4.78, 5) is 4.28. The fourth-order valence-corrected chi connectivity index (χ4v) is 2.93. The van der Waals surface area contributed by atoms with Crippen LogP contribution in [-0.4, -0.2) is 27.6 Å². The highest BCUT2D eigenvalue weighted by Gasteiger charge is 2.06. The van der Waals surface area contributed by atoms with Gasteiger partial charge < -0.3 is 10.6 Å². The fraction of sp³-hybridized carbons (Fsp3) is 0.150. The SMILES string of the molecule is CN=C(NCc1ccc2ccccc2c1)NCc1nnc2ccccn12. The van der Waals surface area contributed by atoms with Crippen LogP contribution in [0.3, 0.4) is 0 Å². The van der Waals surface area contributed by atoms with Crippen molar-refractivity contribution >= 4 is 22.4 Å². The van der Waals surface area contributed by atoms with Crippen LogP contribution in [0.4, 0.5) is 0 Å². The molecule has 2 aromatic carbocycles. The molecule has 0 aliphatic carbocycles. The van der Waals surface area contributed by atoms with Crippen LogP contribution in [0.15, 0.2) is 71.9 Å². The van der Waals surface area contributed by atoms with E-state index in [1.807, 2.05) is 28.8 Å². The minimum atomic E-state index is 0.544. The van der Waals surface area contributed by atoms with Gasteiger partial charge in [0.05, 0.1) is 6.54 Å². The van der Waals surface area contributed by atoms with Gasteiger partial charge >= 0.3 is 0 Å². The Morgan fingerprint density at radius 2 is 1.73 bits per heavy atom. The van der Waals surface area contributed by atoms with E-state index in [2.05, 4.69) is 68.3 Å². The molecule has 0 atom stereocenters. The Morgan fingerprint density at radius 1 is 0.923 bits per heavy atom. The van der Waals surface area contributed by atoms with E-state index in [0.717, 1.165) is 17.4 Å². The molecule has 2 aromatic heterocycles. The van der Waals surface area contributed by atoms with E-state index < -0.39 is 0 Å². The standard InChI is InChI=1S/C20H20N6/c1-21-20(23-14-19-25-24-18-8-4-5-11-26(18)19)22-13-15-9-10-16-6-2-3-7-17(16)12-15/h2-12H,13-14H2,1H3,(H2,21,22,23). The van der Waals surface area contributed by atoms with E-state index >= 15 is 0 Å². The molecule has 130 valence electrons. The van der Waals surface area contributed by atoms with Crippen LogP contribution in [0, 0.1) is 0 Å². The number of nitrogens with one attached hydrogen (secondary N) is 2. The average molecular weight is 344 g/mol. The van der Waals surface area contributed by atoms with Crippen molar-refractivity contribution in [3.05, 3.63) is 78.2 Å². The zero-order valence-electron chi connectivity index (χ0n) is 14.6. The van der Waals surface area contributed by atoms with Crippen molar-refractivity contribution in [1.82, 2.24) is 25.2 Å². The van der Waals surface area contributed by atoms with Crippen molar-refractivity contribution in [3.8, 4) is 0 Å². The van der Waals surface area contributed by atoms with Crippen LogP contribution in [0.1, 0.15) is 11.4 Å². The van der Waals surface area contributed by atoms with Gasteiger partial charge in [-0.1, -0.05) is 42.5 Å². The number of aliphatic imine (C=N–C) groups is 1. The van der Waals surface area contributed by atoms with Gasteiger partial charge in [0.25, 0.3) is 0 Å². The van der Waals surface area contributed by atoms with Gasteiger partial charge in [-0.3, -0.25) is 9.39 Å². The average Bonchev–Trinajstić information content (AvgIpc) is 3.11. The maximum atomic E-state index is 4.28. The van der Waals surface area contributed by atoms with Crippen molar-refractivity contribution in [2.45, 2.75) is 13.1 Å². The summed E-state index contributed by atoms with van der Waals surface area (Å²) in [5.74, 6) is 1.57. The second kappa shape index (κ2) is 7.23. The number of fused-ring (bicyclic) bond motifs is 2. The molecule has 0 bridgehead atoms. The molecule has 0 aliphatic heterocycles. The number of rotatable bonds is 4. The number of benzene rings is 2. The number of hydrogen-bond donors (Lipinski definition) is 2. The Labute approximate surface area is 151 Å². The summed E-state index contributed by atoms with van der Waals surface area (Å²) in [7, 11) is 1.76. The van der Waals surface area contributed by atoms with Gasteiger partial charge in [-0.2, -0.15) is 0 Å². The molecular formula is C20H20N6. The molecule has 0 saturated heterocycles. The lowest BCUT2D eigenvalue weighted by atomic mass is 10.1. The van der Waals surface area contributed by atoms with Crippen molar-refractivity contribution in [1.29, 1.82) is 0 Å². The lowest BCUT2D eigenvalue weighted by molar-refractivity contribution is 0.763. The van der Waals surface area contributed by atoms with Gasteiger partial charge in [-0.25, -0.2) is 0 Å². The summed E-state index contributed by atoms with van der Waals surface area (Å²) in [5, 5.41) is 17.5. The van der Waals surface area contributed by atoms with Crippen LogP contribution in [0.25, 0.3) is 16.4 Å². The Bertz CT molecular complexity index is 1070.